The molecule has 13 heteroatoms. The molecule has 0 atom stereocenters. The number of anilines is 1. The fraction of sp³-hybridized carbons (Fsp3) is 0.231. The minimum atomic E-state index is -1.31. The Morgan fingerprint density at radius 2 is 2.03 bits per heavy atom. The van der Waals surface area contributed by atoms with E-state index in [2.05, 4.69) is 20.9 Å². The van der Waals surface area contributed by atoms with E-state index in [1.807, 2.05) is 24.3 Å². The molecule has 0 spiro atoms. The summed E-state index contributed by atoms with van der Waals surface area (Å²) in [6.45, 7) is 4.28. The van der Waals surface area contributed by atoms with Gasteiger partial charge in [0.15, 0.2) is 6.39 Å². The zero-order valence-electron chi connectivity index (χ0n) is 20.6. The summed E-state index contributed by atoms with van der Waals surface area (Å²) in [6.07, 6.45) is 1.27. The van der Waals surface area contributed by atoms with Crippen LogP contribution >= 0.6 is 11.3 Å². The van der Waals surface area contributed by atoms with Crippen LogP contribution in [-0.4, -0.2) is 52.3 Å². The van der Waals surface area contributed by atoms with Gasteiger partial charge in [0.25, 0.3) is 0 Å². The maximum atomic E-state index is 11.7. The molecule has 1 fully saturated rings. The topological polar surface area (TPSA) is 165 Å². The lowest BCUT2D eigenvalue weighted by Crippen LogP contribution is -2.36. The van der Waals surface area contributed by atoms with Crippen LogP contribution in [-0.2, 0) is 11.3 Å². The number of ether oxygens (including phenoxy) is 2. The van der Waals surface area contributed by atoms with Crippen molar-refractivity contribution in [2.24, 2.45) is 0 Å². The van der Waals surface area contributed by atoms with Crippen molar-refractivity contribution < 1.29 is 28.7 Å². The largest absolute Gasteiger partial charge is 0.477 e. The summed E-state index contributed by atoms with van der Waals surface area (Å²) in [5, 5.41) is 30.4. The second kappa shape index (κ2) is 10.9. The van der Waals surface area contributed by atoms with Gasteiger partial charge in [-0.15, -0.1) is 0 Å². The maximum absolute atomic E-state index is 11.7. The van der Waals surface area contributed by atoms with E-state index in [0.717, 1.165) is 30.4 Å². The van der Waals surface area contributed by atoms with Gasteiger partial charge in [-0.25, -0.2) is 14.8 Å². The summed E-state index contributed by atoms with van der Waals surface area (Å²) >= 11 is 0.539. The number of nitro groups is 1. The standard InChI is InChI=1S/C26H21N5O7S/c1-15-23(28-14-38-15)19-11-21(16-2-4-18(5-3-16)30-6-8-36-9-7-30)29-25(20(19)12-27)37-13-17-10-22(31(34)35)39-24(17)26(32)33/h2-5,10-11,14H,6-9,13H2,1H3,(H,32,33). The normalized spacial score (nSPS) is 13.2. The third kappa shape index (κ3) is 5.28. The monoisotopic (exact) mass is 547 g/mol. The SMILES string of the molecule is Cc1ocnc1-c1cc(-c2ccc(N3CCOCC3)cc2)nc(OCc2cc([N+](=O)[O-])sc2C(=O)O)c1C#N. The molecule has 1 aliphatic rings. The third-order valence-electron chi connectivity index (χ3n) is 6.17. The molecular formula is C26H21N5O7S. The summed E-state index contributed by atoms with van der Waals surface area (Å²) < 4.78 is 16.6. The highest BCUT2D eigenvalue weighted by atomic mass is 32.1. The van der Waals surface area contributed by atoms with Crippen LogP contribution in [0.2, 0.25) is 0 Å². The number of aromatic nitrogens is 2. The van der Waals surface area contributed by atoms with Crippen LogP contribution in [0.1, 0.15) is 26.6 Å². The van der Waals surface area contributed by atoms with Crippen molar-refractivity contribution in [3.8, 4) is 34.5 Å². The minimum absolute atomic E-state index is 0.0603. The lowest BCUT2D eigenvalue weighted by molar-refractivity contribution is -0.380. The molecule has 1 saturated heterocycles. The molecule has 4 aromatic rings. The van der Waals surface area contributed by atoms with E-state index in [0.29, 0.717) is 47.3 Å². The molecule has 0 saturated carbocycles. The number of nitrogens with zero attached hydrogens (tertiary/aromatic N) is 5. The van der Waals surface area contributed by atoms with E-state index in [9.17, 15) is 25.3 Å². The van der Waals surface area contributed by atoms with Crippen LogP contribution in [0.15, 0.2) is 47.2 Å². The number of oxazole rings is 1. The third-order valence-corrected chi connectivity index (χ3v) is 7.29. The summed E-state index contributed by atoms with van der Waals surface area (Å²) in [6, 6.07) is 12.7. The molecule has 12 nitrogen and oxygen atoms in total. The molecule has 198 valence electrons. The Balaban J connectivity index is 1.54. The van der Waals surface area contributed by atoms with Crippen molar-refractivity contribution in [2.45, 2.75) is 13.5 Å². The average molecular weight is 548 g/mol. The fourth-order valence-electron chi connectivity index (χ4n) is 4.24. The zero-order chi connectivity index (χ0) is 27.5. The zero-order valence-corrected chi connectivity index (χ0v) is 21.4. The van der Waals surface area contributed by atoms with Gasteiger partial charge in [0.1, 0.15) is 34.6 Å². The molecule has 1 aliphatic heterocycles. The van der Waals surface area contributed by atoms with E-state index < -0.39 is 10.9 Å². The van der Waals surface area contributed by atoms with Crippen molar-refractivity contribution in [3.63, 3.8) is 0 Å². The number of benzene rings is 1. The number of carboxylic acid groups (broad SMARTS) is 1. The van der Waals surface area contributed by atoms with Gasteiger partial charge in [-0.3, -0.25) is 10.1 Å². The number of carbonyl (C=O) groups is 1. The number of aromatic carboxylic acids is 1. The molecule has 0 radical (unpaired) electrons. The molecule has 5 rings (SSSR count). The van der Waals surface area contributed by atoms with Crippen LogP contribution in [0.5, 0.6) is 5.88 Å². The van der Waals surface area contributed by atoms with Crippen molar-refractivity contribution in [2.75, 3.05) is 31.2 Å². The summed E-state index contributed by atoms with van der Waals surface area (Å²) in [5.74, 6) is -0.887. The van der Waals surface area contributed by atoms with Gasteiger partial charge >= 0.3 is 11.0 Å². The number of hydrogen-bond acceptors (Lipinski definition) is 11. The molecule has 4 heterocycles. The first-order valence-electron chi connectivity index (χ1n) is 11.8. The molecule has 0 bridgehead atoms. The second-order valence-electron chi connectivity index (χ2n) is 8.54. The summed E-state index contributed by atoms with van der Waals surface area (Å²) in [5.41, 5.74) is 3.32. The summed E-state index contributed by atoms with van der Waals surface area (Å²) in [4.78, 5) is 33.0. The van der Waals surface area contributed by atoms with E-state index in [1.165, 1.54) is 6.39 Å². The van der Waals surface area contributed by atoms with Crippen LogP contribution in [0.3, 0.4) is 0 Å². The van der Waals surface area contributed by atoms with Gasteiger partial charge in [0.05, 0.1) is 23.8 Å². The molecule has 1 N–H and O–H groups in total. The molecule has 39 heavy (non-hydrogen) atoms. The van der Waals surface area contributed by atoms with Gasteiger partial charge in [-0.05, 0) is 25.1 Å². The van der Waals surface area contributed by atoms with Crippen LogP contribution in [0.4, 0.5) is 10.7 Å². The number of rotatable bonds is 8. The molecule has 3 aromatic heterocycles. The van der Waals surface area contributed by atoms with Crippen molar-refractivity contribution in [1.29, 1.82) is 5.26 Å². The number of aryl methyl sites for hydroxylation is 1. The molecule has 0 aliphatic carbocycles. The first-order valence-corrected chi connectivity index (χ1v) is 12.6. The Morgan fingerprint density at radius 1 is 1.28 bits per heavy atom. The Morgan fingerprint density at radius 3 is 2.64 bits per heavy atom. The lowest BCUT2D eigenvalue weighted by Gasteiger charge is -2.28. The molecular weight excluding hydrogens is 526 g/mol. The van der Waals surface area contributed by atoms with E-state index in [1.54, 1.807) is 13.0 Å². The van der Waals surface area contributed by atoms with Crippen LogP contribution < -0.4 is 9.64 Å². The lowest BCUT2D eigenvalue weighted by atomic mass is 10.0. The van der Waals surface area contributed by atoms with Gasteiger partial charge in [0, 0.05) is 41.5 Å². The van der Waals surface area contributed by atoms with Crippen molar-refractivity contribution >= 4 is 28.0 Å². The Bertz CT molecular complexity index is 1580. The average Bonchev–Trinajstić information content (AvgIpc) is 3.58. The van der Waals surface area contributed by atoms with Gasteiger partial charge in [-0.1, -0.05) is 23.5 Å². The number of hydrogen-bond donors (Lipinski definition) is 1. The van der Waals surface area contributed by atoms with Crippen molar-refractivity contribution in [3.05, 3.63) is 74.7 Å². The van der Waals surface area contributed by atoms with Gasteiger partial charge < -0.3 is 23.9 Å². The van der Waals surface area contributed by atoms with E-state index in [-0.39, 0.29) is 33.5 Å². The van der Waals surface area contributed by atoms with Crippen LogP contribution in [0, 0.1) is 28.4 Å². The predicted octanol–water partition coefficient (Wildman–Crippen LogP) is 4.67. The fourth-order valence-corrected chi connectivity index (χ4v) is 5.06. The first kappa shape index (κ1) is 25.8. The predicted molar refractivity (Wildman–Crippen MR) is 140 cm³/mol. The molecule has 0 unspecified atom stereocenters. The van der Waals surface area contributed by atoms with Crippen molar-refractivity contribution in [1.82, 2.24) is 9.97 Å². The molecule has 0 amide bonds. The van der Waals surface area contributed by atoms with Gasteiger partial charge in [-0.2, -0.15) is 5.26 Å². The Labute approximate surface area is 225 Å². The Kier molecular flexibility index (Phi) is 7.22. The van der Waals surface area contributed by atoms with Crippen LogP contribution in [0.25, 0.3) is 22.5 Å². The van der Waals surface area contributed by atoms with Gasteiger partial charge in [0.2, 0.25) is 5.88 Å². The number of nitriles is 1. The molecule has 1 aromatic carbocycles. The maximum Gasteiger partial charge on any atom is 0.346 e. The van der Waals surface area contributed by atoms with E-state index in [4.69, 9.17) is 13.9 Å². The quantitative estimate of drug-likeness (QED) is 0.241. The highest BCUT2D eigenvalue weighted by Crippen LogP contribution is 2.36. The highest BCUT2D eigenvalue weighted by molar-refractivity contribution is 7.17. The number of thiophene rings is 1. The first-order chi connectivity index (χ1) is 18.9. The second-order valence-corrected chi connectivity index (χ2v) is 9.57. The number of pyridine rings is 1. The van der Waals surface area contributed by atoms with E-state index >= 15 is 0 Å². The summed E-state index contributed by atoms with van der Waals surface area (Å²) in [7, 11) is 0. The number of carboxylic acids is 1. The minimum Gasteiger partial charge on any atom is -0.477 e. The highest BCUT2D eigenvalue weighted by Gasteiger charge is 2.24. The smallest absolute Gasteiger partial charge is 0.346 e. The number of morpholine rings is 1. The Hall–Kier alpha value is -4.80.